The first-order chi connectivity index (χ1) is 7.52. The number of likely N-dealkylation sites (tertiary alicyclic amines) is 1. The largest absolute Gasteiger partial charge is 0.391 e. The summed E-state index contributed by atoms with van der Waals surface area (Å²) in [5.41, 5.74) is 2.25. The van der Waals surface area contributed by atoms with Crippen molar-refractivity contribution in [1.82, 2.24) is 10.4 Å². The second-order valence-electron chi connectivity index (χ2n) is 4.00. The van der Waals surface area contributed by atoms with Gasteiger partial charge in [-0.2, -0.15) is 0 Å². The quantitative estimate of drug-likeness (QED) is 0.634. The molecule has 16 heavy (non-hydrogen) atoms. The van der Waals surface area contributed by atoms with Gasteiger partial charge in [0.15, 0.2) is 0 Å². The molecule has 0 aromatic rings. The van der Waals surface area contributed by atoms with E-state index in [1.807, 2.05) is 0 Å². The van der Waals surface area contributed by atoms with Crippen LogP contribution in [0.1, 0.15) is 26.7 Å². The Bertz CT molecular complexity index is 268. The maximum absolute atomic E-state index is 11.6. The van der Waals surface area contributed by atoms with E-state index in [-0.39, 0.29) is 18.4 Å². The van der Waals surface area contributed by atoms with Crippen LogP contribution >= 0.6 is 0 Å². The number of amides is 2. The zero-order valence-corrected chi connectivity index (χ0v) is 9.60. The van der Waals surface area contributed by atoms with Gasteiger partial charge in [0.25, 0.3) is 5.91 Å². The van der Waals surface area contributed by atoms with Crippen LogP contribution in [0, 0.1) is 0 Å². The van der Waals surface area contributed by atoms with E-state index in [2.05, 4.69) is 5.48 Å². The molecule has 0 saturated carbocycles. The molecule has 92 valence electrons. The smallest absolute Gasteiger partial charge is 0.266 e. The zero-order chi connectivity index (χ0) is 12.1. The molecule has 6 nitrogen and oxygen atoms in total. The Balaban J connectivity index is 2.38. The predicted octanol–water partition coefficient (Wildman–Crippen LogP) is -0.574. The number of carbonyl (C=O) groups excluding carboxylic acids is 2. The first-order valence-electron chi connectivity index (χ1n) is 5.39. The van der Waals surface area contributed by atoms with E-state index < -0.39 is 12.1 Å². The van der Waals surface area contributed by atoms with E-state index in [0.29, 0.717) is 13.0 Å². The molecule has 2 amide bonds. The van der Waals surface area contributed by atoms with Gasteiger partial charge in [0.05, 0.1) is 6.10 Å². The van der Waals surface area contributed by atoms with E-state index in [4.69, 9.17) is 9.94 Å². The van der Waals surface area contributed by atoms with Crippen LogP contribution in [-0.4, -0.2) is 47.1 Å². The number of hydroxylamine groups is 1. The average Bonchev–Trinajstić information content (AvgIpc) is 2.65. The van der Waals surface area contributed by atoms with Crippen LogP contribution in [0.25, 0.3) is 0 Å². The second-order valence-corrected chi connectivity index (χ2v) is 4.00. The van der Waals surface area contributed by atoms with Gasteiger partial charge in [-0.3, -0.25) is 14.4 Å². The highest BCUT2D eigenvalue weighted by Gasteiger charge is 2.32. The molecule has 1 heterocycles. The van der Waals surface area contributed by atoms with Gasteiger partial charge < -0.3 is 10.0 Å². The van der Waals surface area contributed by atoms with Gasteiger partial charge in [0.2, 0.25) is 5.91 Å². The number of aliphatic hydroxyl groups is 1. The highest BCUT2D eigenvalue weighted by atomic mass is 16.7. The molecule has 0 aromatic carbocycles. The molecular formula is C10H18N2O4. The number of carbonyl (C=O) groups is 2. The Morgan fingerprint density at radius 3 is 2.88 bits per heavy atom. The molecule has 1 fully saturated rings. The molecule has 2 atom stereocenters. The van der Waals surface area contributed by atoms with Gasteiger partial charge >= 0.3 is 0 Å². The third kappa shape index (κ3) is 3.46. The topological polar surface area (TPSA) is 78.9 Å². The summed E-state index contributed by atoms with van der Waals surface area (Å²) in [5, 5.41) is 8.93. The molecule has 0 spiro atoms. The minimum Gasteiger partial charge on any atom is -0.391 e. The van der Waals surface area contributed by atoms with E-state index in [0.717, 1.165) is 6.42 Å². The highest BCUT2D eigenvalue weighted by molar-refractivity contribution is 5.86. The van der Waals surface area contributed by atoms with E-state index in [9.17, 15) is 9.59 Å². The molecule has 1 aliphatic heterocycles. The number of hydrogen-bond donors (Lipinski definition) is 2. The molecule has 0 aromatic heterocycles. The molecule has 1 saturated heterocycles. The summed E-state index contributed by atoms with van der Waals surface area (Å²) in [7, 11) is 0. The zero-order valence-electron chi connectivity index (χ0n) is 9.60. The molecule has 0 bridgehead atoms. The lowest BCUT2D eigenvalue weighted by Gasteiger charge is -2.22. The lowest BCUT2D eigenvalue weighted by atomic mass is 10.2. The molecule has 0 radical (unpaired) electrons. The number of nitrogens with one attached hydrogen (secondary N) is 1. The molecule has 6 heteroatoms. The van der Waals surface area contributed by atoms with Crippen molar-refractivity contribution in [2.45, 2.75) is 38.8 Å². The first-order valence-corrected chi connectivity index (χ1v) is 5.39. The maximum Gasteiger partial charge on any atom is 0.266 e. The molecule has 1 aliphatic rings. The Morgan fingerprint density at radius 1 is 1.62 bits per heavy atom. The number of aliphatic hydroxyl groups excluding tert-OH is 1. The van der Waals surface area contributed by atoms with Crippen molar-refractivity contribution < 1.29 is 19.5 Å². The standard InChI is InChI=1S/C10H18N2O4/c1-7(13)6-16-11-10(15)9-4-3-5-12(9)8(2)14/h7,9,13H,3-6H2,1-2H3,(H,11,15)/t7?,9-/m0/s1. The number of hydrogen-bond acceptors (Lipinski definition) is 4. The van der Waals surface area contributed by atoms with Gasteiger partial charge in [0, 0.05) is 13.5 Å². The van der Waals surface area contributed by atoms with Gasteiger partial charge in [-0.1, -0.05) is 0 Å². The van der Waals surface area contributed by atoms with E-state index >= 15 is 0 Å². The van der Waals surface area contributed by atoms with Gasteiger partial charge in [0.1, 0.15) is 12.6 Å². The summed E-state index contributed by atoms with van der Waals surface area (Å²) in [4.78, 5) is 29.2. The Labute approximate surface area is 94.5 Å². The van der Waals surface area contributed by atoms with Crippen LogP contribution in [0.5, 0.6) is 0 Å². The molecule has 0 aliphatic carbocycles. The van der Waals surface area contributed by atoms with E-state index in [1.54, 1.807) is 6.92 Å². The third-order valence-electron chi connectivity index (χ3n) is 2.46. The minimum atomic E-state index is -0.632. The maximum atomic E-state index is 11.6. The molecular weight excluding hydrogens is 212 g/mol. The Hall–Kier alpha value is -1.14. The molecule has 2 N–H and O–H groups in total. The van der Waals surface area contributed by atoms with Crippen molar-refractivity contribution in [3.8, 4) is 0 Å². The molecule has 1 unspecified atom stereocenters. The summed E-state index contributed by atoms with van der Waals surface area (Å²) in [6.07, 6.45) is 0.852. The van der Waals surface area contributed by atoms with Crippen molar-refractivity contribution in [2.24, 2.45) is 0 Å². The Kier molecular flexibility index (Phi) is 4.70. The van der Waals surface area contributed by atoms with Crippen LogP contribution in [0.4, 0.5) is 0 Å². The summed E-state index contributed by atoms with van der Waals surface area (Å²) in [6.45, 7) is 3.66. The number of rotatable bonds is 4. The van der Waals surface area contributed by atoms with Crippen molar-refractivity contribution >= 4 is 11.8 Å². The summed E-state index contributed by atoms with van der Waals surface area (Å²) < 4.78 is 0. The van der Waals surface area contributed by atoms with Gasteiger partial charge in [-0.25, -0.2) is 5.48 Å². The predicted molar refractivity (Wildman–Crippen MR) is 56.2 cm³/mol. The fourth-order valence-corrected chi connectivity index (χ4v) is 1.72. The Morgan fingerprint density at radius 2 is 2.31 bits per heavy atom. The average molecular weight is 230 g/mol. The van der Waals surface area contributed by atoms with Crippen LogP contribution in [-0.2, 0) is 14.4 Å². The fourth-order valence-electron chi connectivity index (χ4n) is 1.72. The minimum absolute atomic E-state index is 0.0402. The monoisotopic (exact) mass is 230 g/mol. The van der Waals surface area contributed by atoms with Gasteiger partial charge in [-0.15, -0.1) is 0 Å². The fraction of sp³-hybridized carbons (Fsp3) is 0.800. The number of nitrogens with zero attached hydrogens (tertiary/aromatic N) is 1. The van der Waals surface area contributed by atoms with Crippen molar-refractivity contribution in [2.75, 3.05) is 13.2 Å². The van der Waals surface area contributed by atoms with E-state index in [1.165, 1.54) is 11.8 Å². The third-order valence-corrected chi connectivity index (χ3v) is 2.46. The summed E-state index contributed by atoms with van der Waals surface area (Å²) in [6, 6.07) is -0.438. The lowest BCUT2D eigenvalue weighted by Crippen LogP contribution is -2.45. The van der Waals surface area contributed by atoms with Crippen LogP contribution in [0.3, 0.4) is 0 Å². The lowest BCUT2D eigenvalue weighted by molar-refractivity contribution is -0.145. The normalized spacial score (nSPS) is 21.9. The van der Waals surface area contributed by atoms with Crippen LogP contribution in [0.2, 0.25) is 0 Å². The first kappa shape index (κ1) is 12.9. The second kappa shape index (κ2) is 5.81. The van der Waals surface area contributed by atoms with Crippen molar-refractivity contribution in [3.05, 3.63) is 0 Å². The van der Waals surface area contributed by atoms with Crippen LogP contribution in [0.15, 0.2) is 0 Å². The molecule has 1 rings (SSSR count). The highest BCUT2D eigenvalue weighted by Crippen LogP contribution is 2.17. The van der Waals surface area contributed by atoms with Crippen LogP contribution < -0.4 is 5.48 Å². The summed E-state index contributed by atoms with van der Waals surface area (Å²) >= 11 is 0. The van der Waals surface area contributed by atoms with Gasteiger partial charge in [-0.05, 0) is 19.8 Å². The summed E-state index contributed by atoms with van der Waals surface area (Å²) in [5.74, 6) is -0.429. The van der Waals surface area contributed by atoms with Crippen molar-refractivity contribution in [1.29, 1.82) is 0 Å². The van der Waals surface area contributed by atoms with Crippen molar-refractivity contribution in [3.63, 3.8) is 0 Å². The SMILES string of the molecule is CC(=O)N1CCC[C@H]1C(=O)NOCC(C)O.